The summed E-state index contributed by atoms with van der Waals surface area (Å²) in [5.74, 6) is 0. The molecule has 9 heavy (non-hydrogen) atoms. The van der Waals surface area contributed by atoms with Crippen molar-refractivity contribution in [3.8, 4) is 0 Å². The minimum absolute atomic E-state index is 0.00296. The number of hydrogen-bond donors (Lipinski definition) is 4. The Morgan fingerprint density at radius 3 is 1.89 bits per heavy atom. The molecule has 3 atom stereocenters. The van der Waals surface area contributed by atoms with Gasteiger partial charge < -0.3 is 10.8 Å². The van der Waals surface area contributed by atoms with E-state index < -0.39 is 6.35 Å². The van der Waals surface area contributed by atoms with Gasteiger partial charge in [0, 0.05) is 12.1 Å². The molecule has 0 amide bonds. The predicted octanol–water partition coefficient (Wildman–Crippen LogP) is -1.45. The Balaban J connectivity index is 3.38. The lowest BCUT2D eigenvalue weighted by Crippen LogP contribution is -2.49. The molecule has 0 radical (unpaired) electrons. The molecule has 0 aliphatic carbocycles. The summed E-state index contributed by atoms with van der Waals surface area (Å²) in [4.78, 5) is 0. The molecular weight excluding hydrogens is 118 g/mol. The van der Waals surface area contributed by atoms with Gasteiger partial charge in [-0.1, -0.05) is 0 Å². The summed E-state index contributed by atoms with van der Waals surface area (Å²) in [6.45, 7) is 3.71. The lowest BCUT2D eigenvalue weighted by atomic mass is 10.2. The molecule has 3 unspecified atom stereocenters. The summed E-state index contributed by atoms with van der Waals surface area (Å²) in [5, 5.41) is 11.2. The maximum absolute atomic E-state index is 8.58. The SMILES string of the molecule is CC(N)C(C)NC(N)O. The fraction of sp³-hybridized carbons (Fsp3) is 1.00. The van der Waals surface area contributed by atoms with Crippen molar-refractivity contribution in [2.75, 3.05) is 0 Å². The van der Waals surface area contributed by atoms with E-state index in [4.69, 9.17) is 16.6 Å². The van der Waals surface area contributed by atoms with Crippen LogP contribution in [0.1, 0.15) is 13.8 Å². The monoisotopic (exact) mass is 133 g/mol. The van der Waals surface area contributed by atoms with E-state index in [1.165, 1.54) is 0 Å². The van der Waals surface area contributed by atoms with Crippen molar-refractivity contribution in [2.45, 2.75) is 32.3 Å². The third-order valence-corrected chi connectivity index (χ3v) is 1.22. The number of rotatable bonds is 3. The van der Waals surface area contributed by atoms with Crippen LogP contribution in [0, 0.1) is 0 Å². The molecule has 6 N–H and O–H groups in total. The van der Waals surface area contributed by atoms with Gasteiger partial charge in [-0.3, -0.25) is 11.1 Å². The van der Waals surface area contributed by atoms with Crippen LogP contribution in [0.5, 0.6) is 0 Å². The average molecular weight is 133 g/mol. The summed E-state index contributed by atoms with van der Waals surface area (Å²) >= 11 is 0. The first-order valence-electron chi connectivity index (χ1n) is 2.99. The highest BCUT2D eigenvalue weighted by Gasteiger charge is 2.07. The molecule has 0 aliphatic rings. The van der Waals surface area contributed by atoms with E-state index in [2.05, 4.69) is 5.32 Å². The van der Waals surface area contributed by atoms with Gasteiger partial charge >= 0.3 is 0 Å². The molecular formula is C5H15N3O. The molecule has 0 heterocycles. The van der Waals surface area contributed by atoms with Crippen LogP contribution in [-0.4, -0.2) is 23.5 Å². The normalized spacial score (nSPS) is 21.0. The first kappa shape index (κ1) is 8.84. The smallest absolute Gasteiger partial charge is 0.158 e. The Bertz CT molecular complexity index is 74.6. The van der Waals surface area contributed by atoms with Crippen molar-refractivity contribution < 1.29 is 5.11 Å². The number of nitrogens with one attached hydrogen (secondary N) is 1. The number of hydrogen-bond acceptors (Lipinski definition) is 4. The lowest BCUT2D eigenvalue weighted by molar-refractivity contribution is 0.127. The maximum Gasteiger partial charge on any atom is 0.158 e. The zero-order chi connectivity index (χ0) is 7.44. The number of aliphatic hydroxyl groups is 1. The first-order chi connectivity index (χ1) is 4.04. The predicted molar refractivity (Wildman–Crippen MR) is 36.4 cm³/mol. The fourth-order valence-corrected chi connectivity index (χ4v) is 0.421. The summed E-state index contributed by atoms with van der Waals surface area (Å²) in [6, 6.07) is 0.0493. The van der Waals surface area contributed by atoms with Crippen molar-refractivity contribution >= 4 is 0 Å². The van der Waals surface area contributed by atoms with Crippen LogP contribution in [-0.2, 0) is 0 Å². The van der Waals surface area contributed by atoms with Crippen molar-refractivity contribution in [3.63, 3.8) is 0 Å². The summed E-state index contributed by atoms with van der Waals surface area (Å²) < 4.78 is 0. The molecule has 0 rings (SSSR count). The molecule has 4 nitrogen and oxygen atoms in total. The van der Waals surface area contributed by atoms with Crippen LogP contribution >= 0.6 is 0 Å². The fourth-order valence-electron chi connectivity index (χ4n) is 0.421. The molecule has 0 fully saturated rings. The van der Waals surface area contributed by atoms with Gasteiger partial charge in [0.2, 0.25) is 0 Å². The van der Waals surface area contributed by atoms with Crippen molar-refractivity contribution in [2.24, 2.45) is 11.5 Å². The van der Waals surface area contributed by atoms with Crippen LogP contribution < -0.4 is 16.8 Å². The van der Waals surface area contributed by atoms with E-state index in [0.29, 0.717) is 0 Å². The second-order valence-corrected chi connectivity index (χ2v) is 2.26. The molecule has 0 saturated carbocycles. The Labute approximate surface area is 55.2 Å². The topological polar surface area (TPSA) is 84.3 Å². The van der Waals surface area contributed by atoms with Gasteiger partial charge in [0.1, 0.15) is 0 Å². The van der Waals surface area contributed by atoms with Gasteiger partial charge in [-0.2, -0.15) is 0 Å². The summed E-state index contributed by atoms with van der Waals surface area (Å²) in [7, 11) is 0. The van der Waals surface area contributed by atoms with Gasteiger partial charge in [-0.15, -0.1) is 0 Å². The highest BCUT2D eigenvalue weighted by Crippen LogP contribution is 1.85. The van der Waals surface area contributed by atoms with Crippen molar-refractivity contribution in [3.05, 3.63) is 0 Å². The molecule has 0 aromatic rings. The summed E-state index contributed by atoms with van der Waals surface area (Å²) in [6.07, 6.45) is -0.967. The number of nitrogens with two attached hydrogens (primary N) is 2. The first-order valence-corrected chi connectivity index (χ1v) is 2.99. The summed E-state index contributed by atoms with van der Waals surface area (Å²) in [5.41, 5.74) is 10.5. The van der Waals surface area contributed by atoms with E-state index in [1.54, 1.807) is 0 Å². The Morgan fingerprint density at radius 1 is 1.33 bits per heavy atom. The molecule has 0 spiro atoms. The highest BCUT2D eigenvalue weighted by molar-refractivity contribution is 4.69. The average Bonchev–Trinajstić information content (AvgIpc) is 1.63. The van der Waals surface area contributed by atoms with Gasteiger partial charge in [0.25, 0.3) is 0 Å². The van der Waals surface area contributed by atoms with E-state index >= 15 is 0 Å². The van der Waals surface area contributed by atoms with Crippen LogP contribution in [0.25, 0.3) is 0 Å². The molecule has 0 bridgehead atoms. The quantitative estimate of drug-likeness (QED) is 0.355. The van der Waals surface area contributed by atoms with E-state index in [-0.39, 0.29) is 12.1 Å². The lowest BCUT2D eigenvalue weighted by Gasteiger charge is -2.18. The van der Waals surface area contributed by atoms with Crippen molar-refractivity contribution in [1.29, 1.82) is 0 Å². The van der Waals surface area contributed by atoms with Gasteiger partial charge in [-0.25, -0.2) is 0 Å². The molecule has 4 heteroatoms. The molecule has 0 aromatic carbocycles. The standard InChI is InChI=1S/C5H15N3O/c1-3(6)4(2)8-5(7)9/h3-5,8-9H,6-7H2,1-2H3. The van der Waals surface area contributed by atoms with E-state index in [1.807, 2.05) is 13.8 Å². The van der Waals surface area contributed by atoms with Crippen LogP contribution in [0.4, 0.5) is 0 Å². The van der Waals surface area contributed by atoms with Crippen LogP contribution in [0.3, 0.4) is 0 Å². The Morgan fingerprint density at radius 2 is 1.78 bits per heavy atom. The third-order valence-electron chi connectivity index (χ3n) is 1.22. The van der Waals surface area contributed by atoms with E-state index in [9.17, 15) is 0 Å². The second-order valence-electron chi connectivity index (χ2n) is 2.26. The molecule has 0 aliphatic heterocycles. The Hall–Kier alpha value is -0.160. The zero-order valence-corrected chi connectivity index (χ0v) is 5.83. The minimum Gasteiger partial charge on any atom is -0.366 e. The maximum atomic E-state index is 8.58. The molecule has 0 aromatic heterocycles. The van der Waals surface area contributed by atoms with Crippen LogP contribution in [0.15, 0.2) is 0 Å². The minimum atomic E-state index is -0.967. The van der Waals surface area contributed by atoms with E-state index in [0.717, 1.165) is 0 Å². The van der Waals surface area contributed by atoms with Gasteiger partial charge in [0.05, 0.1) is 0 Å². The second kappa shape index (κ2) is 3.79. The molecule has 56 valence electrons. The third kappa shape index (κ3) is 4.35. The molecule has 0 saturated heterocycles. The highest BCUT2D eigenvalue weighted by atomic mass is 16.3. The zero-order valence-electron chi connectivity index (χ0n) is 5.83. The van der Waals surface area contributed by atoms with Crippen molar-refractivity contribution in [1.82, 2.24) is 5.32 Å². The van der Waals surface area contributed by atoms with Gasteiger partial charge in [-0.05, 0) is 13.8 Å². The largest absolute Gasteiger partial charge is 0.366 e. The van der Waals surface area contributed by atoms with Crippen LogP contribution in [0.2, 0.25) is 0 Å². The Kier molecular flexibility index (Phi) is 3.72. The van der Waals surface area contributed by atoms with Gasteiger partial charge in [0.15, 0.2) is 6.35 Å². The number of aliphatic hydroxyl groups excluding tert-OH is 1.